The van der Waals surface area contributed by atoms with E-state index in [0.29, 0.717) is 0 Å². The van der Waals surface area contributed by atoms with Crippen LogP contribution in [0.2, 0.25) is 0 Å². The number of guanidine groups is 1. The predicted octanol–water partition coefficient (Wildman–Crippen LogP) is 2.70. The number of hydrogen-bond donors (Lipinski definition) is 2. The van der Waals surface area contributed by atoms with E-state index in [1.54, 1.807) is 18.0 Å². The summed E-state index contributed by atoms with van der Waals surface area (Å²) in [4.78, 5) is 4.69. The molecule has 0 radical (unpaired) electrons. The van der Waals surface area contributed by atoms with E-state index < -0.39 is 0 Å². The lowest BCUT2D eigenvalue weighted by Crippen LogP contribution is -2.44. The number of nitrogens with one attached hydrogen (secondary N) is 2. The molecule has 0 saturated carbocycles. The second-order valence-electron chi connectivity index (χ2n) is 6.50. The molecule has 2 aromatic rings. The van der Waals surface area contributed by atoms with Crippen molar-refractivity contribution in [2.24, 2.45) is 12.0 Å². The molecule has 6 nitrogen and oxygen atoms in total. The Kier molecular flexibility index (Phi) is 8.09. The van der Waals surface area contributed by atoms with Crippen LogP contribution in [0.1, 0.15) is 29.6 Å². The number of thioether (sulfide) groups is 1. The highest BCUT2D eigenvalue weighted by atomic mass is 32.2. The molecular weight excluding hydrogens is 346 g/mol. The van der Waals surface area contributed by atoms with Gasteiger partial charge in [-0.15, -0.1) is 0 Å². The number of aliphatic imine (C=N–C) groups is 1. The van der Waals surface area contributed by atoms with Gasteiger partial charge < -0.3 is 15.1 Å². The maximum absolute atomic E-state index is 5.39. The van der Waals surface area contributed by atoms with Crippen molar-refractivity contribution in [2.45, 2.75) is 39.7 Å². The van der Waals surface area contributed by atoms with Crippen molar-refractivity contribution in [2.75, 3.05) is 25.1 Å². The van der Waals surface area contributed by atoms with Gasteiger partial charge >= 0.3 is 0 Å². The van der Waals surface area contributed by atoms with Crippen molar-refractivity contribution in [3.8, 4) is 0 Å². The molecule has 0 saturated heterocycles. The van der Waals surface area contributed by atoms with E-state index in [0.717, 1.165) is 49.1 Å². The molecule has 7 heteroatoms. The molecule has 0 spiro atoms. The van der Waals surface area contributed by atoms with E-state index in [9.17, 15) is 0 Å². The summed E-state index contributed by atoms with van der Waals surface area (Å²) >= 11 is 1.80. The minimum absolute atomic E-state index is 0.265. The van der Waals surface area contributed by atoms with Gasteiger partial charge in [0.05, 0.1) is 18.5 Å². The summed E-state index contributed by atoms with van der Waals surface area (Å²) in [7, 11) is 2.00. The molecule has 2 rings (SSSR count). The maximum atomic E-state index is 5.39. The number of aromatic nitrogens is 2. The topological polar surface area (TPSA) is 67.4 Å². The van der Waals surface area contributed by atoms with Crippen molar-refractivity contribution < 1.29 is 4.42 Å². The van der Waals surface area contributed by atoms with Crippen LogP contribution < -0.4 is 10.6 Å². The molecule has 0 aliphatic heterocycles. The van der Waals surface area contributed by atoms with E-state index in [1.165, 1.54) is 11.3 Å². The number of hydrogen-bond acceptors (Lipinski definition) is 4. The summed E-state index contributed by atoms with van der Waals surface area (Å²) in [5.41, 5.74) is 3.64. The number of rotatable bonds is 9. The number of nitrogens with zero attached hydrogens (tertiary/aromatic N) is 3. The molecule has 2 aromatic heterocycles. The molecule has 0 aromatic carbocycles. The van der Waals surface area contributed by atoms with Crippen LogP contribution in [-0.4, -0.2) is 46.9 Å². The van der Waals surface area contributed by atoms with Crippen molar-refractivity contribution in [1.29, 1.82) is 0 Å². The van der Waals surface area contributed by atoms with Gasteiger partial charge in [-0.05, 0) is 51.1 Å². The van der Waals surface area contributed by atoms with E-state index in [1.807, 2.05) is 23.9 Å². The molecule has 0 amide bonds. The second kappa shape index (κ2) is 10.3. The summed E-state index contributed by atoms with van der Waals surface area (Å²) in [5.74, 6) is 2.85. The van der Waals surface area contributed by atoms with Gasteiger partial charge in [0, 0.05) is 37.5 Å². The normalized spacial score (nSPS) is 13.0. The minimum atomic E-state index is 0.265. The lowest BCUT2D eigenvalue weighted by Gasteiger charge is -2.18. The van der Waals surface area contributed by atoms with Gasteiger partial charge in [-0.2, -0.15) is 16.9 Å². The maximum Gasteiger partial charge on any atom is 0.191 e. The highest BCUT2D eigenvalue weighted by Gasteiger charge is 2.14. The van der Waals surface area contributed by atoms with Crippen LogP contribution in [0, 0.1) is 13.8 Å². The second-order valence-corrected chi connectivity index (χ2v) is 7.49. The zero-order chi connectivity index (χ0) is 18.9. The zero-order valence-corrected chi connectivity index (χ0v) is 17.3. The van der Waals surface area contributed by atoms with E-state index in [-0.39, 0.29) is 6.04 Å². The van der Waals surface area contributed by atoms with Gasteiger partial charge in [0.15, 0.2) is 5.96 Å². The van der Waals surface area contributed by atoms with Gasteiger partial charge in [-0.3, -0.25) is 9.67 Å². The van der Waals surface area contributed by atoms with Crippen LogP contribution in [0.25, 0.3) is 0 Å². The molecule has 1 atom stereocenters. The molecule has 26 heavy (non-hydrogen) atoms. The van der Waals surface area contributed by atoms with Crippen molar-refractivity contribution in [3.05, 3.63) is 41.1 Å². The summed E-state index contributed by atoms with van der Waals surface area (Å²) in [5, 5.41) is 11.5. The SMILES string of the molecule is CSCCN=C(NCCc1ccco1)NC(C)Cc1c(C)nn(C)c1C. The first-order valence-electron chi connectivity index (χ1n) is 9.06. The Morgan fingerprint density at radius 2 is 2.23 bits per heavy atom. The zero-order valence-electron chi connectivity index (χ0n) is 16.5. The quantitative estimate of drug-likeness (QED) is 0.400. The van der Waals surface area contributed by atoms with Crippen molar-refractivity contribution >= 4 is 17.7 Å². The van der Waals surface area contributed by atoms with Crippen LogP contribution in [0.4, 0.5) is 0 Å². The van der Waals surface area contributed by atoms with Crippen molar-refractivity contribution in [3.63, 3.8) is 0 Å². The number of furan rings is 1. The van der Waals surface area contributed by atoms with Gasteiger partial charge in [0.1, 0.15) is 5.76 Å². The molecule has 144 valence electrons. The Labute approximate surface area is 160 Å². The lowest BCUT2D eigenvalue weighted by atomic mass is 10.1. The smallest absolute Gasteiger partial charge is 0.191 e. The average molecular weight is 378 g/mol. The monoisotopic (exact) mass is 377 g/mol. The van der Waals surface area contributed by atoms with Crippen LogP contribution >= 0.6 is 11.8 Å². The van der Waals surface area contributed by atoms with E-state index >= 15 is 0 Å². The fraction of sp³-hybridized carbons (Fsp3) is 0.579. The highest BCUT2D eigenvalue weighted by Crippen LogP contribution is 2.14. The fourth-order valence-electron chi connectivity index (χ4n) is 2.86. The third-order valence-electron chi connectivity index (χ3n) is 4.36. The van der Waals surface area contributed by atoms with E-state index in [4.69, 9.17) is 4.42 Å². The van der Waals surface area contributed by atoms with Gasteiger partial charge in [-0.1, -0.05) is 0 Å². The van der Waals surface area contributed by atoms with Gasteiger partial charge in [0.25, 0.3) is 0 Å². The number of aryl methyl sites for hydroxylation is 2. The first kappa shape index (κ1) is 20.4. The van der Waals surface area contributed by atoms with Crippen LogP contribution in [0.15, 0.2) is 27.8 Å². The first-order valence-corrected chi connectivity index (χ1v) is 10.5. The van der Waals surface area contributed by atoms with Crippen molar-refractivity contribution in [1.82, 2.24) is 20.4 Å². The summed E-state index contributed by atoms with van der Waals surface area (Å²) in [6.07, 6.45) is 5.57. The summed E-state index contributed by atoms with van der Waals surface area (Å²) < 4.78 is 7.34. The molecular formula is C19H31N5OS. The summed E-state index contributed by atoms with van der Waals surface area (Å²) in [6.45, 7) is 7.97. The standard InChI is InChI=1S/C19H31N5OS/c1-14(13-18-15(2)23-24(4)16(18)3)22-19(21-10-12-26-5)20-9-8-17-7-6-11-25-17/h6-7,11,14H,8-10,12-13H2,1-5H3,(H2,20,21,22). The van der Waals surface area contributed by atoms with Gasteiger partial charge in [-0.25, -0.2) is 0 Å². The highest BCUT2D eigenvalue weighted by molar-refractivity contribution is 7.98. The third kappa shape index (κ3) is 6.12. The molecule has 0 aliphatic rings. The Morgan fingerprint density at radius 3 is 2.85 bits per heavy atom. The lowest BCUT2D eigenvalue weighted by molar-refractivity contribution is 0.506. The van der Waals surface area contributed by atoms with Crippen LogP contribution in [0.3, 0.4) is 0 Å². The Morgan fingerprint density at radius 1 is 1.42 bits per heavy atom. The third-order valence-corrected chi connectivity index (χ3v) is 4.95. The van der Waals surface area contributed by atoms with E-state index in [2.05, 4.69) is 47.8 Å². The molecule has 0 aliphatic carbocycles. The molecule has 2 heterocycles. The molecule has 0 fully saturated rings. The van der Waals surface area contributed by atoms with Gasteiger partial charge in [0.2, 0.25) is 0 Å². The van der Waals surface area contributed by atoms with Crippen LogP contribution in [0.5, 0.6) is 0 Å². The first-order chi connectivity index (χ1) is 12.5. The Balaban J connectivity index is 1.92. The summed E-state index contributed by atoms with van der Waals surface area (Å²) in [6, 6.07) is 4.18. The largest absolute Gasteiger partial charge is 0.469 e. The molecule has 2 N–H and O–H groups in total. The molecule has 1 unspecified atom stereocenters. The average Bonchev–Trinajstić information content (AvgIpc) is 3.19. The predicted molar refractivity (Wildman–Crippen MR) is 110 cm³/mol. The molecule has 0 bridgehead atoms. The Bertz CT molecular complexity index is 693. The van der Waals surface area contributed by atoms with Crippen LogP contribution in [-0.2, 0) is 19.9 Å². The Hall–Kier alpha value is -1.89. The fourth-order valence-corrected chi connectivity index (χ4v) is 3.14. The minimum Gasteiger partial charge on any atom is -0.469 e.